The second-order valence-electron chi connectivity index (χ2n) is 3.77. The van der Waals surface area contributed by atoms with E-state index < -0.39 is 0 Å². The van der Waals surface area contributed by atoms with Gasteiger partial charge in [-0.2, -0.15) is 0 Å². The van der Waals surface area contributed by atoms with Crippen molar-refractivity contribution in [1.29, 1.82) is 0 Å². The Labute approximate surface area is 97.8 Å². The Balaban J connectivity index is 2.39. The van der Waals surface area contributed by atoms with Crippen molar-refractivity contribution >= 4 is 0 Å². The van der Waals surface area contributed by atoms with Crippen molar-refractivity contribution in [2.24, 2.45) is 0 Å². The second kappa shape index (κ2) is 7.25. The molecule has 0 amide bonds. The third-order valence-corrected chi connectivity index (χ3v) is 2.57. The van der Waals surface area contributed by atoms with Crippen molar-refractivity contribution in [3.8, 4) is 5.75 Å². The molecule has 0 heterocycles. The second-order valence-corrected chi connectivity index (χ2v) is 3.77. The number of nitrogens with one attached hydrogen (secondary N) is 1. The molecule has 1 atom stereocenters. The molecule has 3 nitrogen and oxygen atoms in total. The van der Waals surface area contributed by atoms with E-state index in [0.29, 0.717) is 12.6 Å². The van der Waals surface area contributed by atoms with Crippen molar-refractivity contribution in [2.45, 2.75) is 19.4 Å². The van der Waals surface area contributed by atoms with Gasteiger partial charge in [-0.25, -0.2) is 0 Å². The van der Waals surface area contributed by atoms with E-state index in [1.54, 1.807) is 7.11 Å². The molecule has 0 spiro atoms. The number of hydrogen-bond donors (Lipinski definition) is 1. The van der Waals surface area contributed by atoms with E-state index in [1.165, 1.54) is 5.56 Å². The lowest BCUT2D eigenvalue weighted by molar-refractivity contribution is 0.172. The summed E-state index contributed by atoms with van der Waals surface area (Å²) in [6.45, 7) is 3.58. The van der Waals surface area contributed by atoms with Gasteiger partial charge in [-0.15, -0.1) is 0 Å². The minimum atomic E-state index is 0.377. The summed E-state index contributed by atoms with van der Waals surface area (Å²) in [6, 6.07) is 8.58. The van der Waals surface area contributed by atoms with Gasteiger partial charge in [0.2, 0.25) is 0 Å². The van der Waals surface area contributed by atoms with Crippen LogP contribution in [-0.2, 0) is 4.74 Å². The van der Waals surface area contributed by atoms with Gasteiger partial charge in [0.25, 0.3) is 0 Å². The topological polar surface area (TPSA) is 30.5 Å². The molecule has 3 heteroatoms. The highest BCUT2D eigenvalue weighted by Gasteiger charge is 2.01. The lowest BCUT2D eigenvalue weighted by Crippen LogP contribution is -2.12. The van der Waals surface area contributed by atoms with Crippen LogP contribution in [0.4, 0.5) is 0 Å². The molecule has 0 aromatic heterocycles. The maximum Gasteiger partial charge on any atom is 0.119 e. The zero-order chi connectivity index (χ0) is 11.8. The highest BCUT2D eigenvalue weighted by atomic mass is 16.5. The summed E-state index contributed by atoms with van der Waals surface area (Å²) < 4.78 is 10.5. The molecule has 0 bridgehead atoms. The number of hydrogen-bond acceptors (Lipinski definition) is 3. The molecule has 1 aromatic carbocycles. The van der Waals surface area contributed by atoms with Gasteiger partial charge < -0.3 is 14.8 Å². The van der Waals surface area contributed by atoms with Gasteiger partial charge in [0.15, 0.2) is 0 Å². The van der Waals surface area contributed by atoms with Gasteiger partial charge in [-0.3, -0.25) is 0 Å². The summed E-state index contributed by atoms with van der Waals surface area (Å²) in [5.74, 6) is 0.920. The molecule has 1 N–H and O–H groups in total. The van der Waals surface area contributed by atoms with Gasteiger partial charge in [0.05, 0.1) is 6.61 Å². The van der Waals surface area contributed by atoms with E-state index in [4.69, 9.17) is 9.47 Å². The maximum absolute atomic E-state index is 5.58. The SMILES string of the molecule is CNC(C)c1ccc(OCCCOC)cc1. The van der Waals surface area contributed by atoms with Crippen LogP contribution < -0.4 is 10.1 Å². The van der Waals surface area contributed by atoms with Gasteiger partial charge in [-0.05, 0) is 31.7 Å². The Kier molecular flexibility index (Phi) is 5.90. The van der Waals surface area contributed by atoms with Crippen LogP contribution in [0.15, 0.2) is 24.3 Å². The summed E-state index contributed by atoms with van der Waals surface area (Å²) in [4.78, 5) is 0. The zero-order valence-electron chi connectivity index (χ0n) is 10.3. The molecule has 1 aromatic rings. The van der Waals surface area contributed by atoms with E-state index in [2.05, 4.69) is 24.4 Å². The van der Waals surface area contributed by atoms with E-state index in [1.807, 2.05) is 19.2 Å². The molecule has 0 aliphatic carbocycles. The first-order chi connectivity index (χ1) is 7.77. The molecule has 0 fully saturated rings. The van der Waals surface area contributed by atoms with Crippen LogP contribution in [0.2, 0.25) is 0 Å². The lowest BCUT2D eigenvalue weighted by Gasteiger charge is -2.11. The minimum absolute atomic E-state index is 0.377. The van der Waals surface area contributed by atoms with Crippen LogP contribution in [0.25, 0.3) is 0 Å². The molecule has 0 saturated carbocycles. The number of ether oxygens (including phenoxy) is 2. The van der Waals surface area contributed by atoms with Crippen LogP contribution >= 0.6 is 0 Å². The summed E-state index contributed by atoms with van der Waals surface area (Å²) in [7, 11) is 3.66. The molecular weight excluding hydrogens is 202 g/mol. The first-order valence-corrected chi connectivity index (χ1v) is 5.67. The Morgan fingerprint density at radius 2 is 1.88 bits per heavy atom. The third-order valence-electron chi connectivity index (χ3n) is 2.57. The van der Waals surface area contributed by atoms with Gasteiger partial charge in [0, 0.05) is 26.2 Å². The molecule has 0 aliphatic rings. The fourth-order valence-corrected chi connectivity index (χ4v) is 1.41. The Morgan fingerprint density at radius 1 is 1.19 bits per heavy atom. The Morgan fingerprint density at radius 3 is 2.44 bits per heavy atom. The van der Waals surface area contributed by atoms with Crippen molar-refractivity contribution in [1.82, 2.24) is 5.32 Å². The van der Waals surface area contributed by atoms with Crippen LogP contribution in [0.5, 0.6) is 5.75 Å². The standard InChI is InChI=1S/C13H21NO2/c1-11(14-2)12-5-7-13(8-6-12)16-10-4-9-15-3/h5-8,11,14H,4,9-10H2,1-3H3. The van der Waals surface area contributed by atoms with E-state index in [0.717, 1.165) is 18.8 Å². The zero-order valence-corrected chi connectivity index (χ0v) is 10.3. The molecule has 1 rings (SSSR count). The fraction of sp³-hybridized carbons (Fsp3) is 0.538. The normalized spacial score (nSPS) is 12.4. The van der Waals surface area contributed by atoms with Gasteiger partial charge >= 0.3 is 0 Å². The number of benzene rings is 1. The predicted molar refractivity (Wildman–Crippen MR) is 65.9 cm³/mol. The van der Waals surface area contributed by atoms with Gasteiger partial charge in [0.1, 0.15) is 5.75 Å². The van der Waals surface area contributed by atoms with Crippen molar-refractivity contribution in [3.63, 3.8) is 0 Å². The molecule has 0 radical (unpaired) electrons. The summed E-state index contributed by atoms with van der Waals surface area (Å²) in [5, 5.41) is 3.20. The fourth-order valence-electron chi connectivity index (χ4n) is 1.41. The van der Waals surface area contributed by atoms with Crippen LogP contribution in [0, 0.1) is 0 Å². The predicted octanol–water partition coefficient (Wildman–Crippen LogP) is 2.38. The monoisotopic (exact) mass is 223 g/mol. The highest BCUT2D eigenvalue weighted by molar-refractivity contribution is 5.28. The average molecular weight is 223 g/mol. The molecule has 0 aliphatic heterocycles. The Bertz CT molecular complexity index is 284. The lowest BCUT2D eigenvalue weighted by atomic mass is 10.1. The summed E-state index contributed by atoms with van der Waals surface area (Å²) in [6.07, 6.45) is 0.922. The van der Waals surface area contributed by atoms with Crippen molar-refractivity contribution < 1.29 is 9.47 Å². The molecule has 0 saturated heterocycles. The van der Waals surface area contributed by atoms with E-state index >= 15 is 0 Å². The first-order valence-electron chi connectivity index (χ1n) is 5.67. The molecule has 90 valence electrons. The highest BCUT2D eigenvalue weighted by Crippen LogP contribution is 2.17. The van der Waals surface area contributed by atoms with E-state index in [9.17, 15) is 0 Å². The van der Waals surface area contributed by atoms with Gasteiger partial charge in [-0.1, -0.05) is 12.1 Å². The smallest absolute Gasteiger partial charge is 0.119 e. The molecular formula is C13H21NO2. The van der Waals surface area contributed by atoms with Crippen molar-refractivity contribution in [3.05, 3.63) is 29.8 Å². The third kappa shape index (κ3) is 4.21. The quantitative estimate of drug-likeness (QED) is 0.720. The number of rotatable bonds is 7. The minimum Gasteiger partial charge on any atom is -0.494 e. The van der Waals surface area contributed by atoms with E-state index in [-0.39, 0.29) is 0 Å². The maximum atomic E-state index is 5.58. The summed E-state index contributed by atoms with van der Waals surface area (Å²) >= 11 is 0. The van der Waals surface area contributed by atoms with Crippen molar-refractivity contribution in [2.75, 3.05) is 27.4 Å². The molecule has 16 heavy (non-hydrogen) atoms. The average Bonchev–Trinajstić information content (AvgIpc) is 2.34. The first kappa shape index (κ1) is 13.0. The van der Waals surface area contributed by atoms with Crippen LogP contribution in [-0.4, -0.2) is 27.4 Å². The number of methoxy groups -OCH3 is 1. The summed E-state index contributed by atoms with van der Waals surface area (Å²) in [5.41, 5.74) is 1.27. The molecule has 1 unspecified atom stereocenters. The van der Waals surface area contributed by atoms with Crippen LogP contribution in [0.3, 0.4) is 0 Å². The Hall–Kier alpha value is -1.06. The largest absolute Gasteiger partial charge is 0.494 e. The van der Waals surface area contributed by atoms with Crippen LogP contribution in [0.1, 0.15) is 24.9 Å².